The standard InChI is InChI=1S/C9H20O3S/c1-4-5-6-7-8-9(2)12-13(3,10)11/h9H,4-8H2,1-3H3/t9-/m1/s1. The molecule has 0 heterocycles. The zero-order valence-corrected chi connectivity index (χ0v) is 9.56. The van der Waals surface area contributed by atoms with Gasteiger partial charge in [-0.05, 0) is 13.3 Å². The second-order valence-corrected chi connectivity index (χ2v) is 5.06. The first-order valence-electron chi connectivity index (χ1n) is 4.84. The molecule has 13 heavy (non-hydrogen) atoms. The third kappa shape index (κ3) is 9.83. The van der Waals surface area contributed by atoms with Gasteiger partial charge in [0, 0.05) is 0 Å². The zero-order chi connectivity index (χ0) is 10.3. The van der Waals surface area contributed by atoms with Gasteiger partial charge in [0.2, 0.25) is 0 Å². The van der Waals surface area contributed by atoms with Crippen LogP contribution < -0.4 is 0 Å². The summed E-state index contributed by atoms with van der Waals surface area (Å²) < 4.78 is 26.2. The minimum atomic E-state index is -3.27. The molecule has 0 aromatic carbocycles. The van der Waals surface area contributed by atoms with Crippen molar-refractivity contribution >= 4 is 10.1 Å². The van der Waals surface area contributed by atoms with E-state index >= 15 is 0 Å². The fourth-order valence-electron chi connectivity index (χ4n) is 1.21. The predicted molar refractivity (Wildman–Crippen MR) is 54.1 cm³/mol. The average Bonchev–Trinajstić information content (AvgIpc) is 1.94. The van der Waals surface area contributed by atoms with E-state index in [1.165, 1.54) is 12.8 Å². The first-order valence-corrected chi connectivity index (χ1v) is 6.65. The number of hydrogen-bond donors (Lipinski definition) is 0. The molecule has 0 amide bonds. The molecule has 0 spiro atoms. The van der Waals surface area contributed by atoms with Gasteiger partial charge in [-0.25, -0.2) is 0 Å². The van der Waals surface area contributed by atoms with Crippen LogP contribution in [-0.2, 0) is 14.3 Å². The third-order valence-corrected chi connectivity index (χ3v) is 2.48. The van der Waals surface area contributed by atoms with Crippen molar-refractivity contribution in [3.63, 3.8) is 0 Å². The summed E-state index contributed by atoms with van der Waals surface area (Å²) in [6.07, 6.45) is 6.36. The molecule has 0 aromatic rings. The molecule has 0 unspecified atom stereocenters. The van der Waals surface area contributed by atoms with E-state index in [0.717, 1.165) is 25.5 Å². The smallest absolute Gasteiger partial charge is 0.264 e. The van der Waals surface area contributed by atoms with Crippen LogP contribution in [0.2, 0.25) is 0 Å². The number of rotatable bonds is 7. The topological polar surface area (TPSA) is 43.4 Å². The third-order valence-electron chi connectivity index (χ3n) is 1.80. The lowest BCUT2D eigenvalue weighted by Gasteiger charge is -2.09. The van der Waals surface area contributed by atoms with E-state index in [-0.39, 0.29) is 6.10 Å². The molecule has 0 N–H and O–H groups in total. The summed E-state index contributed by atoms with van der Waals surface area (Å²) in [5, 5.41) is 0. The molecule has 4 heteroatoms. The van der Waals surface area contributed by atoms with Crippen molar-refractivity contribution in [1.29, 1.82) is 0 Å². The molecule has 0 radical (unpaired) electrons. The van der Waals surface area contributed by atoms with Crippen LogP contribution in [0, 0.1) is 0 Å². The maximum absolute atomic E-state index is 10.7. The van der Waals surface area contributed by atoms with Crippen molar-refractivity contribution < 1.29 is 12.6 Å². The summed E-state index contributed by atoms with van der Waals surface area (Å²) in [6.45, 7) is 3.95. The molecule has 0 rings (SSSR count). The minimum absolute atomic E-state index is 0.174. The quantitative estimate of drug-likeness (QED) is 0.476. The Hall–Kier alpha value is -0.0900. The Morgan fingerprint density at radius 1 is 1.23 bits per heavy atom. The van der Waals surface area contributed by atoms with Gasteiger partial charge in [0.05, 0.1) is 12.4 Å². The first kappa shape index (κ1) is 12.9. The maximum Gasteiger partial charge on any atom is 0.264 e. The maximum atomic E-state index is 10.7. The van der Waals surface area contributed by atoms with Crippen LogP contribution in [0.5, 0.6) is 0 Å². The van der Waals surface area contributed by atoms with Crippen LogP contribution in [0.1, 0.15) is 46.0 Å². The SMILES string of the molecule is CCCCCC[C@@H](C)OS(C)(=O)=O. The molecule has 0 aliphatic carbocycles. The molecule has 0 bridgehead atoms. The van der Waals surface area contributed by atoms with Crippen LogP contribution in [0.15, 0.2) is 0 Å². The zero-order valence-electron chi connectivity index (χ0n) is 8.75. The van der Waals surface area contributed by atoms with E-state index in [1.54, 1.807) is 6.92 Å². The van der Waals surface area contributed by atoms with Gasteiger partial charge in [0.1, 0.15) is 0 Å². The highest BCUT2D eigenvalue weighted by Gasteiger charge is 2.09. The van der Waals surface area contributed by atoms with Gasteiger partial charge in [-0.3, -0.25) is 4.18 Å². The molecule has 0 saturated carbocycles. The molecule has 3 nitrogen and oxygen atoms in total. The molecule has 0 aromatic heterocycles. The van der Waals surface area contributed by atoms with Crippen LogP contribution in [0.4, 0.5) is 0 Å². The molecule has 0 saturated heterocycles. The van der Waals surface area contributed by atoms with Crippen LogP contribution in [-0.4, -0.2) is 20.8 Å². The Morgan fingerprint density at radius 3 is 2.31 bits per heavy atom. The lowest BCUT2D eigenvalue weighted by molar-refractivity contribution is 0.216. The summed E-state index contributed by atoms with van der Waals surface area (Å²) in [7, 11) is -3.27. The van der Waals surface area contributed by atoms with Gasteiger partial charge in [-0.2, -0.15) is 8.42 Å². The van der Waals surface area contributed by atoms with E-state index < -0.39 is 10.1 Å². The molecule has 0 fully saturated rings. The molecule has 1 atom stereocenters. The molecule has 80 valence electrons. The summed E-state index contributed by atoms with van der Waals surface area (Å²) in [5.41, 5.74) is 0. The van der Waals surface area contributed by atoms with E-state index in [9.17, 15) is 8.42 Å². The summed E-state index contributed by atoms with van der Waals surface area (Å²) in [6, 6.07) is 0. The Labute approximate surface area is 81.6 Å². The van der Waals surface area contributed by atoms with Crippen molar-refractivity contribution in [3.05, 3.63) is 0 Å². The van der Waals surface area contributed by atoms with Crippen LogP contribution in [0.3, 0.4) is 0 Å². The Balaban J connectivity index is 3.47. The fourth-order valence-corrected chi connectivity index (χ4v) is 1.90. The first-order chi connectivity index (χ1) is 5.95. The highest BCUT2D eigenvalue weighted by molar-refractivity contribution is 7.86. The summed E-state index contributed by atoms with van der Waals surface area (Å²) in [5.74, 6) is 0. The van der Waals surface area contributed by atoms with E-state index in [2.05, 4.69) is 6.92 Å². The second-order valence-electron chi connectivity index (χ2n) is 3.46. The monoisotopic (exact) mass is 208 g/mol. The molecular formula is C9H20O3S. The lowest BCUT2D eigenvalue weighted by atomic mass is 10.1. The van der Waals surface area contributed by atoms with Crippen molar-refractivity contribution in [1.82, 2.24) is 0 Å². The number of unbranched alkanes of at least 4 members (excludes halogenated alkanes) is 3. The minimum Gasteiger partial charge on any atom is -0.267 e. The van der Waals surface area contributed by atoms with Gasteiger partial charge in [-0.15, -0.1) is 0 Å². The van der Waals surface area contributed by atoms with Gasteiger partial charge in [-0.1, -0.05) is 32.6 Å². The van der Waals surface area contributed by atoms with Crippen LogP contribution >= 0.6 is 0 Å². The average molecular weight is 208 g/mol. The van der Waals surface area contributed by atoms with Crippen molar-refractivity contribution in [2.24, 2.45) is 0 Å². The molecule has 0 aliphatic heterocycles. The van der Waals surface area contributed by atoms with Crippen molar-refractivity contribution in [2.45, 2.75) is 52.1 Å². The van der Waals surface area contributed by atoms with Crippen molar-refractivity contribution in [3.8, 4) is 0 Å². The normalized spacial score (nSPS) is 14.4. The fraction of sp³-hybridized carbons (Fsp3) is 1.00. The van der Waals surface area contributed by atoms with Gasteiger partial charge < -0.3 is 0 Å². The number of hydrogen-bond acceptors (Lipinski definition) is 3. The van der Waals surface area contributed by atoms with Crippen molar-refractivity contribution in [2.75, 3.05) is 6.26 Å². The largest absolute Gasteiger partial charge is 0.267 e. The predicted octanol–water partition coefficient (Wildman–Crippen LogP) is 2.32. The summed E-state index contributed by atoms with van der Waals surface area (Å²) >= 11 is 0. The second kappa shape index (κ2) is 6.38. The van der Waals surface area contributed by atoms with Gasteiger partial charge in [0.25, 0.3) is 10.1 Å². The lowest BCUT2D eigenvalue weighted by Crippen LogP contribution is -2.13. The Morgan fingerprint density at radius 2 is 1.85 bits per heavy atom. The molecule has 0 aliphatic rings. The highest BCUT2D eigenvalue weighted by atomic mass is 32.2. The van der Waals surface area contributed by atoms with Gasteiger partial charge in [0.15, 0.2) is 0 Å². The Bertz CT molecular complexity index is 209. The van der Waals surface area contributed by atoms with E-state index in [4.69, 9.17) is 4.18 Å². The highest BCUT2D eigenvalue weighted by Crippen LogP contribution is 2.09. The van der Waals surface area contributed by atoms with E-state index in [0.29, 0.717) is 0 Å². The van der Waals surface area contributed by atoms with Gasteiger partial charge >= 0.3 is 0 Å². The molecular weight excluding hydrogens is 188 g/mol. The van der Waals surface area contributed by atoms with Crippen LogP contribution in [0.25, 0.3) is 0 Å². The van der Waals surface area contributed by atoms with E-state index in [1.807, 2.05) is 0 Å². The summed E-state index contributed by atoms with van der Waals surface area (Å²) in [4.78, 5) is 0. The Kier molecular flexibility index (Phi) is 6.33.